The van der Waals surface area contributed by atoms with Crippen molar-refractivity contribution < 1.29 is 28.4 Å². The van der Waals surface area contributed by atoms with Crippen molar-refractivity contribution in [3.05, 3.63) is 149 Å². The zero-order valence-corrected chi connectivity index (χ0v) is 30.7. The van der Waals surface area contributed by atoms with Gasteiger partial charge in [-0.2, -0.15) is 0 Å². The highest BCUT2D eigenvalue weighted by molar-refractivity contribution is 5.57. The molecule has 7 nitrogen and oxygen atoms in total. The largest absolute Gasteiger partial charge is 0.497 e. The summed E-state index contributed by atoms with van der Waals surface area (Å²) in [5.41, 5.74) is 6.78. The van der Waals surface area contributed by atoms with Gasteiger partial charge >= 0.3 is 0 Å². The Hall–Kier alpha value is -4.98. The summed E-state index contributed by atoms with van der Waals surface area (Å²) in [6.45, 7) is 7.65. The summed E-state index contributed by atoms with van der Waals surface area (Å²) in [4.78, 5) is 2.45. The number of hydrogen-bond donors (Lipinski definition) is 0. The third kappa shape index (κ3) is 8.16. The Morgan fingerprint density at radius 2 is 0.843 bits per heavy atom. The van der Waals surface area contributed by atoms with Crippen LogP contribution in [0.3, 0.4) is 0 Å². The molecule has 5 aromatic rings. The molecule has 0 aromatic heterocycles. The quantitative estimate of drug-likeness (QED) is 0.122. The molecule has 0 unspecified atom stereocenters. The summed E-state index contributed by atoms with van der Waals surface area (Å²) in [7, 11) is 6.88. The van der Waals surface area contributed by atoms with Crippen molar-refractivity contribution in [2.24, 2.45) is 0 Å². The first kappa shape index (κ1) is 35.8. The zero-order chi connectivity index (χ0) is 36.0. The molecule has 1 fully saturated rings. The van der Waals surface area contributed by atoms with Gasteiger partial charge in [-0.15, -0.1) is 0 Å². The van der Waals surface area contributed by atoms with Crippen molar-refractivity contribution in [1.82, 2.24) is 0 Å². The first-order valence-electron chi connectivity index (χ1n) is 17.4. The third-order valence-electron chi connectivity index (χ3n) is 9.69. The molecule has 1 aliphatic rings. The predicted molar refractivity (Wildman–Crippen MR) is 202 cm³/mol. The highest BCUT2D eigenvalue weighted by Gasteiger charge is 2.51. The number of hydrogen-bond acceptors (Lipinski definition) is 7. The van der Waals surface area contributed by atoms with Crippen LogP contribution < -0.4 is 23.8 Å². The minimum absolute atomic E-state index is 0.0375. The topological polar surface area (TPSA) is 58.6 Å². The van der Waals surface area contributed by atoms with Crippen LogP contribution in [-0.4, -0.2) is 40.6 Å². The van der Waals surface area contributed by atoms with Crippen LogP contribution in [0.2, 0.25) is 0 Å². The van der Waals surface area contributed by atoms with Crippen LogP contribution in [0, 0.1) is 0 Å². The summed E-state index contributed by atoms with van der Waals surface area (Å²) in [5, 5.41) is 0. The van der Waals surface area contributed by atoms with E-state index in [9.17, 15) is 0 Å². The SMILES string of the molecule is COc1ccc(COc2ccc([C@@H]3[C@H](OC)[C@@H](OC)[C@@H](c4ccc(OCc5ccc(OC)cc5)cc4)N3c3ccc(C(C)(C)C)cc3)cc2)cc1. The first-order valence-corrected chi connectivity index (χ1v) is 17.4. The van der Waals surface area contributed by atoms with Crippen LogP contribution in [0.5, 0.6) is 23.0 Å². The Morgan fingerprint density at radius 1 is 0.471 bits per heavy atom. The molecule has 1 aliphatic heterocycles. The van der Waals surface area contributed by atoms with Gasteiger partial charge in [0.2, 0.25) is 0 Å². The molecule has 0 bridgehead atoms. The van der Waals surface area contributed by atoms with Gasteiger partial charge in [-0.1, -0.05) is 81.4 Å². The Labute approximate surface area is 302 Å². The summed E-state index contributed by atoms with van der Waals surface area (Å²) in [6, 6.07) is 41.2. The third-order valence-corrected chi connectivity index (χ3v) is 9.69. The molecule has 0 aliphatic carbocycles. The van der Waals surface area contributed by atoms with E-state index in [0.717, 1.165) is 50.9 Å². The number of nitrogens with zero attached hydrogens (tertiary/aromatic N) is 1. The van der Waals surface area contributed by atoms with Crippen molar-refractivity contribution in [3.8, 4) is 23.0 Å². The smallest absolute Gasteiger partial charge is 0.119 e. The zero-order valence-electron chi connectivity index (χ0n) is 30.7. The van der Waals surface area contributed by atoms with Crippen LogP contribution >= 0.6 is 0 Å². The van der Waals surface area contributed by atoms with Crippen LogP contribution in [-0.2, 0) is 28.1 Å². The van der Waals surface area contributed by atoms with E-state index in [2.05, 4.69) is 74.2 Å². The fourth-order valence-electron chi connectivity index (χ4n) is 6.83. The lowest BCUT2D eigenvalue weighted by Crippen LogP contribution is -2.31. The predicted octanol–water partition coefficient (Wildman–Crippen LogP) is 9.49. The average molecular weight is 688 g/mol. The van der Waals surface area contributed by atoms with Gasteiger partial charge in [0.05, 0.1) is 26.3 Å². The molecule has 0 radical (unpaired) electrons. The second kappa shape index (κ2) is 15.9. The Balaban J connectivity index is 1.29. The molecule has 4 atom stereocenters. The van der Waals surface area contributed by atoms with E-state index in [1.54, 1.807) is 28.4 Å². The van der Waals surface area contributed by atoms with Gasteiger partial charge in [0, 0.05) is 19.9 Å². The second-order valence-corrected chi connectivity index (χ2v) is 13.9. The van der Waals surface area contributed by atoms with Gasteiger partial charge in [0.25, 0.3) is 0 Å². The molecule has 0 N–H and O–H groups in total. The molecule has 0 spiro atoms. The molecule has 51 heavy (non-hydrogen) atoms. The lowest BCUT2D eigenvalue weighted by Gasteiger charge is -2.34. The summed E-state index contributed by atoms with van der Waals surface area (Å²) < 4.78 is 35.5. The normalized spacial score (nSPS) is 18.8. The van der Waals surface area contributed by atoms with Gasteiger partial charge < -0.3 is 33.3 Å². The van der Waals surface area contributed by atoms with E-state index in [1.165, 1.54) is 5.56 Å². The lowest BCUT2D eigenvalue weighted by molar-refractivity contribution is -0.0288. The number of anilines is 1. The van der Waals surface area contributed by atoms with E-state index in [-0.39, 0.29) is 29.7 Å². The van der Waals surface area contributed by atoms with Crippen LogP contribution in [0.15, 0.2) is 121 Å². The second-order valence-electron chi connectivity index (χ2n) is 13.9. The molecule has 5 aromatic carbocycles. The Kier molecular flexibility index (Phi) is 11.2. The molecule has 266 valence electrons. The van der Waals surface area contributed by atoms with Crippen molar-refractivity contribution in [2.45, 2.75) is 63.7 Å². The lowest BCUT2D eigenvalue weighted by atomic mass is 9.87. The molecule has 7 heteroatoms. The summed E-state index contributed by atoms with van der Waals surface area (Å²) in [5.74, 6) is 3.25. The first-order chi connectivity index (χ1) is 24.7. The minimum Gasteiger partial charge on any atom is -0.497 e. The Bertz CT molecular complexity index is 1710. The molecular formula is C44H49NO6. The molecule has 6 rings (SSSR count). The van der Waals surface area contributed by atoms with E-state index < -0.39 is 0 Å². The molecule has 0 amide bonds. The monoisotopic (exact) mass is 687 g/mol. The molecule has 1 heterocycles. The highest BCUT2D eigenvalue weighted by atomic mass is 16.5. The van der Waals surface area contributed by atoms with Crippen molar-refractivity contribution in [3.63, 3.8) is 0 Å². The van der Waals surface area contributed by atoms with Crippen LogP contribution in [0.1, 0.15) is 60.7 Å². The molecular weight excluding hydrogens is 638 g/mol. The Morgan fingerprint density at radius 3 is 1.18 bits per heavy atom. The van der Waals surface area contributed by atoms with Gasteiger partial charge in [-0.05, 0) is 93.9 Å². The van der Waals surface area contributed by atoms with Crippen molar-refractivity contribution >= 4 is 5.69 Å². The maximum Gasteiger partial charge on any atom is 0.119 e. The fourth-order valence-corrected chi connectivity index (χ4v) is 6.83. The summed E-state index contributed by atoms with van der Waals surface area (Å²) >= 11 is 0. The maximum absolute atomic E-state index is 6.30. The minimum atomic E-state index is -0.251. The van der Waals surface area contributed by atoms with E-state index in [0.29, 0.717) is 13.2 Å². The van der Waals surface area contributed by atoms with E-state index in [4.69, 9.17) is 28.4 Å². The van der Waals surface area contributed by atoms with Gasteiger partial charge in [-0.25, -0.2) is 0 Å². The maximum atomic E-state index is 6.30. The van der Waals surface area contributed by atoms with Crippen LogP contribution in [0.25, 0.3) is 0 Å². The average Bonchev–Trinajstić information content (AvgIpc) is 3.51. The molecule has 0 saturated carbocycles. The molecule has 1 saturated heterocycles. The van der Waals surface area contributed by atoms with Crippen LogP contribution in [0.4, 0.5) is 5.69 Å². The van der Waals surface area contributed by atoms with Crippen molar-refractivity contribution in [1.29, 1.82) is 0 Å². The standard InChI is InChI=1S/C44H49NO6/c1-44(2,3)34-16-18-35(19-17-34)45-40(32-12-24-38(25-13-32)50-28-30-8-20-36(46-4)21-9-30)42(48-6)43(49-7)41(45)33-14-26-39(27-15-33)51-29-31-10-22-37(47-5)23-11-31/h8-27,40-43H,28-29H2,1-7H3/t40-,41-,42+,43+/m1/s1. The number of benzene rings is 5. The van der Waals surface area contributed by atoms with Gasteiger partial charge in [0.15, 0.2) is 0 Å². The number of methoxy groups -OCH3 is 4. The highest BCUT2D eigenvalue weighted by Crippen LogP contribution is 2.50. The van der Waals surface area contributed by atoms with E-state index in [1.807, 2.05) is 72.8 Å². The van der Waals surface area contributed by atoms with Gasteiger partial charge in [0.1, 0.15) is 48.4 Å². The van der Waals surface area contributed by atoms with E-state index >= 15 is 0 Å². The number of ether oxygens (including phenoxy) is 6. The fraction of sp³-hybridized carbons (Fsp3) is 0.318. The summed E-state index contributed by atoms with van der Waals surface area (Å²) in [6.07, 6.45) is -0.501. The van der Waals surface area contributed by atoms with Gasteiger partial charge in [-0.3, -0.25) is 0 Å². The van der Waals surface area contributed by atoms with Crippen molar-refractivity contribution in [2.75, 3.05) is 33.3 Å². The number of rotatable bonds is 13.